The van der Waals surface area contributed by atoms with E-state index in [1.807, 2.05) is 12.1 Å². The lowest BCUT2D eigenvalue weighted by atomic mass is 10.0. The zero-order valence-electron chi connectivity index (χ0n) is 12.7. The van der Waals surface area contributed by atoms with Gasteiger partial charge in [-0.1, -0.05) is 6.07 Å². The van der Waals surface area contributed by atoms with E-state index < -0.39 is 0 Å². The maximum Gasteiger partial charge on any atom is 0.233 e. The fourth-order valence-corrected chi connectivity index (χ4v) is 3.15. The highest BCUT2D eigenvalue weighted by atomic mass is 16.3. The monoisotopic (exact) mass is 300 g/mol. The first kappa shape index (κ1) is 14.7. The van der Waals surface area contributed by atoms with E-state index >= 15 is 0 Å². The van der Waals surface area contributed by atoms with Crippen molar-refractivity contribution < 1.29 is 4.79 Å². The molecule has 22 heavy (non-hydrogen) atoms. The van der Waals surface area contributed by atoms with E-state index in [1.54, 1.807) is 13.1 Å². The second kappa shape index (κ2) is 6.27. The molecule has 1 aromatic heterocycles. The molecule has 0 spiro atoms. The van der Waals surface area contributed by atoms with Crippen LogP contribution in [0.3, 0.4) is 0 Å². The maximum absolute atomic E-state index is 11.4. The van der Waals surface area contributed by atoms with E-state index in [-0.39, 0.29) is 5.91 Å². The minimum absolute atomic E-state index is 0.0616. The fraction of sp³-hybridized carbons (Fsp3) is 0.438. The van der Waals surface area contributed by atoms with Crippen LogP contribution in [-0.2, 0) is 4.79 Å². The third-order valence-corrected chi connectivity index (χ3v) is 4.41. The number of aromatic nitrogens is 1. The van der Waals surface area contributed by atoms with Gasteiger partial charge in [0, 0.05) is 32.4 Å². The zero-order valence-corrected chi connectivity index (χ0v) is 12.7. The topological polar surface area (TPSA) is 66.7 Å². The summed E-state index contributed by atoms with van der Waals surface area (Å²) in [6, 6.07) is 8.00. The standard InChI is InChI=1S/C16H20N4O2/c1-17-16(21)11-19-7-5-14(6-8-19)20-9-4-12-2-3-13(18-22)10-15(12)20/h2-4,9-10,14H,5-8,11H2,1H3,(H,17,21). The Kier molecular flexibility index (Phi) is 4.20. The van der Waals surface area contributed by atoms with E-state index in [1.165, 1.54) is 0 Å². The highest BCUT2D eigenvalue weighted by Gasteiger charge is 2.22. The molecule has 1 fully saturated rings. The van der Waals surface area contributed by atoms with Gasteiger partial charge in [0.2, 0.25) is 5.91 Å². The predicted octanol–water partition coefficient (Wildman–Crippen LogP) is 2.42. The Labute approximate surface area is 129 Å². The molecule has 1 aliphatic heterocycles. The van der Waals surface area contributed by atoms with Gasteiger partial charge >= 0.3 is 0 Å². The van der Waals surface area contributed by atoms with Gasteiger partial charge in [-0.25, -0.2) is 0 Å². The number of piperidine rings is 1. The van der Waals surface area contributed by atoms with Gasteiger partial charge < -0.3 is 9.88 Å². The summed E-state index contributed by atoms with van der Waals surface area (Å²) >= 11 is 0. The number of likely N-dealkylation sites (tertiary alicyclic amines) is 1. The van der Waals surface area contributed by atoms with E-state index in [2.05, 4.69) is 32.2 Å². The number of nitrogens with zero attached hydrogens (tertiary/aromatic N) is 3. The zero-order chi connectivity index (χ0) is 15.5. The number of likely N-dealkylation sites (N-methyl/N-ethyl adjacent to an activating group) is 1. The first-order chi connectivity index (χ1) is 10.7. The molecule has 1 amide bonds. The molecule has 1 saturated heterocycles. The van der Waals surface area contributed by atoms with Crippen LogP contribution in [0, 0.1) is 4.91 Å². The molecule has 6 heteroatoms. The van der Waals surface area contributed by atoms with Crippen molar-refractivity contribution in [3.05, 3.63) is 35.4 Å². The lowest BCUT2D eigenvalue weighted by Crippen LogP contribution is -2.40. The number of carbonyl (C=O) groups is 1. The van der Waals surface area contributed by atoms with Crippen LogP contribution in [-0.4, -0.2) is 42.1 Å². The molecule has 2 heterocycles. The van der Waals surface area contributed by atoms with Crippen LogP contribution < -0.4 is 5.32 Å². The number of nitrogens with one attached hydrogen (secondary N) is 1. The largest absolute Gasteiger partial charge is 0.358 e. The van der Waals surface area contributed by atoms with Crippen LogP contribution in [0.1, 0.15) is 18.9 Å². The maximum atomic E-state index is 11.4. The normalized spacial score (nSPS) is 16.8. The Balaban J connectivity index is 1.73. The molecule has 0 atom stereocenters. The van der Waals surface area contributed by atoms with Crippen molar-refractivity contribution in [3.8, 4) is 0 Å². The fourth-order valence-electron chi connectivity index (χ4n) is 3.15. The Hall–Kier alpha value is -2.21. The van der Waals surface area contributed by atoms with Gasteiger partial charge in [0.1, 0.15) is 5.69 Å². The number of nitroso groups, excluding NO2 is 1. The molecule has 1 N–H and O–H groups in total. The van der Waals surface area contributed by atoms with Crippen LogP contribution in [0.2, 0.25) is 0 Å². The van der Waals surface area contributed by atoms with Crippen LogP contribution in [0.5, 0.6) is 0 Å². The molecule has 6 nitrogen and oxygen atoms in total. The van der Waals surface area contributed by atoms with Gasteiger partial charge in [0.15, 0.2) is 0 Å². The van der Waals surface area contributed by atoms with E-state index in [0.717, 1.165) is 36.8 Å². The SMILES string of the molecule is CNC(=O)CN1CCC(n2ccc3ccc(N=O)cc32)CC1. The number of hydrogen-bond donors (Lipinski definition) is 1. The summed E-state index contributed by atoms with van der Waals surface area (Å²) in [4.78, 5) is 24.3. The van der Waals surface area contributed by atoms with Crippen molar-refractivity contribution in [1.29, 1.82) is 0 Å². The Morgan fingerprint density at radius 3 is 2.77 bits per heavy atom. The number of hydrogen-bond acceptors (Lipinski definition) is 4. The van der Waals surface area contributed by atoms with Gasteiger partial charge in [-0.15, -0.1) is 4.91 Å². The highest BCUT2D eigenvalue weighted by Crippen LogP contribution is 2.29. The summed E-state index contributed by atoms with van der Waals surface area (Å²) in [5.41, 5.74) is 1.52. The lowest BCUT2D eigenvalue weighted by Gasteiger charge is -2.32. The van der Waals surface area contributed by atoms with Crippen molar-refractivity contribution in [2.75, 3.05) is 26.7 Å². The number of fused-ring (bicyclic) bond motifs is 1. The van der Waals surface area contributed by atoms with E-state index in [9.17, 15) is 9.70 Å². The van der Waals surface area contributed by atoms with Crippen molar-refractivity contribution in [2.24, 2.45) is 5.18 Å². The third kappa shape index (κ3) is 2.87. The predicted molar refractivity (Wildman–Crippen MR) is 86.2 cm³/mol. The van der Waals surface area contributed by atoms with Crippen LogP contribution in [0.4, 0.5) is 5.69 Å². The Morgan fingerprint density at radius 1 is 1.32 bits per heavy atom. The molecule has 116 valence electrons. The molecule has 1 aromatic carbocycles. The lowest BCUT2D eigenvalue weighted by molar-refractivity contribution is -0.122. The van der Waals surface area contributed by atoms with Crippen LogP contribution >= 0.6 is 0 Å². The second-order valence-corrected chi connectivity index (χ2v) is 5.74. The quantitative estimate of drug-likeness (QED) is 0.882. The minimum atomic E-state index is 0.0616. The number of amides is 1. The second-order valence-electron chi connectivity index (χ2n) is 5.74. The Morgan fingerprint density at radius 2 is 2.09 bits per heavy atom. The molecule has 1 aliphatic rings. The van der Waals surface area contributed by atoms with Crippen molar-refractivity contribution in [1.82, 2.24) is 14.8 Å². The molecule has 0 aliphatic carbocycles. The van der Waals surface area contributed by atoms with Gasteiger partial charge in [-0.3, -0.25) is 9.69 Å². The average Bonchev–Trinajstić information content (AvgIpc) is 2.98. The molecule has 0 radical (unpaired) electrons. The van der Waals surface area contributed by atoms with Crippen molar-refractivity contribution >= 4 is 22.5 Å². The van der Waals surface area contributed by atoms with E-state index in [0.29, 0.717) is 18.3 Å². The average molecular weight is 300 g/mol. The Bertz CT molecular complexity index is 687. The van der Waals surface area contributed by atoms with Gasteiger partial charge in [0.05, 0.1) is 12.1 Å². The number of carbonyl (C=O) groups excluding carboxylic acids is 1. The third-order valence-electron chi connectivity index (χ3n) is 4.41. The molecule has 3 rings (SSSR count). The van der Waals surface area contributed by atoms with Crippen LogP contribution in [0.15, 0.2) is 35.6 Å². The molecule has 0 saturated carbocycles. The summed E-state index contributed by atoms with van der Waals surface area (Å²) in [5.74, 6) is 0.0616. The first-order valence-corrected chi connectivity index (χ1v) is 7.58. The minimum Gasteiger partial charge on any atom is -0.358 e. The van der Waals surface area contributed by atoms with Gasteiger partial charge in [-0.05, 0) is 41.6 Å². The first-order valence-electron chi connectivity index (χ1n) is 7.58. The van der Waals surface area contributed by atoms with Gasteiger partial charge in [-0.2, -0.15) is 0 Å². The summed E-state index contributed by atoms with van der Waals surface area (Å²) in [7, 11) is 1.67. The smallest absolute Gasteiger partial charge is 0.233 e. The molecule has 0 unspecified atom stereocenters. The van der Waals surface area contributed by atoms with Crippen molar-refractivity contribution in [2.45, 2.75) is 18.9 Å². The molecular weight excluding hydrogens is 280 g/mol. The van der Waals surface area contributed by atoms with E-state index in [4.69, 9.17) is 0 Å². The highest BCUT2D eigenvalue weighted by molar-refractivity contribution is 5.83. The molecule has 0 bridgehead atoms. The number of rotatable bonds is 4. The van der Waals surface area contributed by atoms with Gasteiger partial charge in [0.25, 0.3) is 0 Å². The van der Waals surface area contributed by atoms with Crippen LogP contribution in [0.25, 0.3) is 10.9 Å². The molecule has 2 aromatic rings. The summed E-state index contributed by atoms with van der Waals surface area (Å²) in [5, 5.41) is 6.81. The van der Waals surface area contributed by atoms with Crippen molar-refractivity contribution in [3.63, 3.8) is 0 Å². The summed E-state index contributed by atoms with van der Waals surface area (Å²) < 4.78 is 2.24. The summed E-state index contributed by atoms with van der Waals surface area (Å²) in [6.07, 6.45) is 4.08. The molecular formula is C16H20N4O2. The number of benzene rings is 1. The summed E-state index contributed by atoms with van der Waals surface area (Å²) in [6.45, 7) is 2.28.